The first kappa shape index (κ1) is 15.7. The van der Waals surface area contributed by atoms with Gasteiger partial charge in [-0.05, 0) is 36.2 Å². The van der Waals surface area contributed by atoms with Gasteiger partial charge in [0.25, 0.3) is 5.91 Å². The van der Waals surface area contributed by atoms with Gasteiger partial charge >= 0.3 is 0 Å². The van der Waals surface area contributed by atoms with Gasteiger partial charge in [0.05, 0.1) is 19.3 Å². The molecule has 1 amide bonds. The molecule has 1 saturated heterocycles. The van der Waals surface area contributed by atoms with E-state index < -0.39 is 6.10 Å². The normalized spacial score (nSPS) is 20.2. The number of carbonyl (C=O) groups is 1. The molecule has 0 radical (unpaired) electrons. The highest BCUT2D eigenvalue weighted by molar-refractivity contribution is 5.96. The van der Waals surface area contributed by atoms with E-state index >= 15 is 0 Å². The molecule has 1 fully saturated rings. The molecule has 0 bridgehead atoms. The van der Waals surface area contributed by atoms with Crippen LogP contribution in [0.4, 0.5) is 0 Å². The Morgan fingerprint density at radius 3 is 2.84 bits per heavy atom. The van der Waals surface area contributed by atoms with Gasteiger partial charge in [-0.1, -0.05) is 30.3 Å². The lowest BCUT2D eigenvalue weighted by molar-refractivity contribution is 0.0686. The Kier molecular flexibility index (Phi) is 3.93. The first-order valence-corrected chi connectivity index (χ1v) is 8.27. The van der Waals surface area contributed by atoms with Crippen molar-refractivity contribution in [1.29, 1.82) is 0 Å². The average molecular weight is 337 g/mol. The topological polar surface area (TPSA) is 62.9 Å². The molecule has 1 N–H and O–H groups in total. The number of nitrogens with zero attached hydrogens (tertiary/aromatic N) is 1. The summed E-state index contributed by atoms with van der Waals surface area (Å²) in [6.45, 7) is 0.289. The van der Waals surface area contributed by atoms with Crippen LogP contribution in [0.2, 0.25) is 0 Å². The number of aliphatic hydroxyl groups excluding tert-OH is 1. The van der Waals surface area contributed by atoms with E-state index in [0.29, 0.717) is 17.8 Å². The third-order valence-corrected chi connectivity index (χ3v) is 4.65. The fourth-order valence-corrected chi connectivity index (χ4v) is 3.43. The maximum Gasteiger partial charge on any atom is 0.290 e. The SMILES string of the molecule is COc1cccc([C@H]2C[C@@H](O)CN2C(=O)c2cc3ccccc3o2)c1. The van der Waals surface area contributed by atoms with Gasteiger partial charge in [-0.25, -0.2) is 0 Å². The van der Waals surface area contributed by atoms with Crippen molar-refractivity contribution in [3.63, 3.8) is 0 Å². The lowest BCUT2D eigenvalue weighted by Crippen LogP contribution is -2.31. The van der Waals surface area contributed by atoms with Crippen molar-refractivity contribution >= 4 is 16.9 Å². The zero-order valence-electron chi connectivity index (χ0n) is 13.9. The number of amides is 1. The first-order chi connectivity index (χ1) is 12.2. The molecular weight excluding hydrogens is 318 g/mol. The van der Waals surface area contributed by atoms with E-state index in [4.69, 9.17) is 9.15 Å². The number of hydrogen-bond acceptors (Lipinski definition) is 4. The zero-order valence-corrected chi connectivity index (χ0v) is 13.9. The average Bonchev–Trinajstić information content (AvgIpc) is 3.24. The highest BCUT2D eigenvalue weighted by Crippen LogP contribution is 2.35. The molecule has 1 aromatic heterocycles. The molecule has 128 valence electrons. The summed E-state index contributed by atoms with van der Waals surface area (Å²) in [6.07, 6.45) is -0.0522. The highest BCUT2D eigenvalue weighted by atomic mass is 16.5. The van der Waals surface area contributed by atoms with E-state index in [1.807, 2.05) is 48.5 Å². The maximum atomic E-state index is 13.0. The predicted molar refractivity (Wildman–Crippen MR) is 93.6 cm³/mol. The molecule has 0 spiro atoms. The molecule has 2 atom stereocenters. The van der Waals surface area contributed by atoms with Gasteiger partial charge in [0.2, 0.25) is 0 Å². The van der Waals surface area contributed by atoms with Crippen LogP contribution in [0.1, 0.15) is 28.6 Å². The highest BCUT2D eigenvalue weighted by Gasteiger charge is 2.37. The number of β-amino-alcohol motifs (C(OH)–C–C–N with tert-alkyl or cyclic N) is 1. The Morgan fingerprint density at radius 1 is 1.20 bits per heavy atom. The third kappa shape index (κ3) is 2.87. The van der Waals surface area contributed by atoms with E-state index in [1.54, 1.807) is 18.1 Å². The number of furan rings is 1. The number of hydrogen-bond donors (Lipinski definition) is 1. The molecule has 1 aliphatic rings. The number of benzene rings is 2. The van der Waals surface area contributed by atoms with Crippen LogP contribution in [0.5, 0.6) is 5.75 Å². The van der Waals surface area contributed by atoms with Crippen molar-refractivity contribution in [1.82, 2.24) is 4.90 Å². The number of ether oxygens (including phenoxy) is 1. The van der Waals surface area contributed by atoms with Crippen molar-refractivity contribution in [2.24, 2.45) is 0 Å². The Bertz CT molecular complexity index is 884. The first-order valence-electron chi connectivity index (χ1n) is 8.27. The summed E-state index contributed by atoms with van der Waals surface area (Å²) in [6, 6.07) is 16.7. The Labute approximate surface area is 145 Å². The van der Waals surface area contributed by atoms with Gasteiger partial charge in [-0.2, -0.15) is 0 Å². The quantitative estimate of drug-likeness (QED) is 0.796. The summed E-state index contributed by atoms with van der Waals surface area (Å²) in [5.41, 5.74) is 1.63. The van der Waals surface area contributed by atoms with Crippen LogP contribution in [0.15, 0.2) is 59.0 Å². The second kappa shape index (κ2) is 6.26. The zero-order chi connectivity index (χ0) is 17.4. The molecule has 1 aliphatic heterocycles. The van der Waals surface area contributed by atoms with E-state index in [0.717, 1.165) is 16.7 Å². The maximum absolute atomic E-state index is 13.0. The van der Waals surface area contributed by atoms with E-state index in [2.05, 4.69) is 0 Å². The van der Waals surface area contributed by atoms with Gasteiger partial charge < -0.3 is 19.2 Å². The lowest BCUT2D eigenvalue weighted by Gasteiger charge is -2.24. The van der Waals surface area contributed by atoms with Gasteiger partial charge in [-0.15, -0.1) is 0 Å². The third-order valence-electron chi connectivity index (χ3n) is 4.65. The number of rotatable bonds is 3. The summed E-state index contributed by atoms with van der Waals surface area (Å²) in [7, 11) is 1.61. The Morgan fingerprint density at radius 2 is 2.04 bits per heavy atom. The number of fused-ring (bicyclic) bond motifs is 1. The predicted octanol–water partition coefficient (Wildman–Crippen LogP) is 3.39. The van der Waals surface area contributed by atoms with Crippen LogP contribution >= 0.6 is 0 Å². The van der Waals surface area contributed by atoms with E-state index in [1.165, 1.54) is 0 Å². The summed E-state index contributed by atoms with van der Waals surface area (Å²) >= 11 is 0. The second-order valence-corrected chi connectivity index (χ2v) is 6.29. The van der Waals surface area contributed by atoms with Gasteiger partial charge in [0.15, 0.2) is 5.76 Å². The largest absolute Gasteiger partial charge is 0.497 e. The van der Waals surface area contributed by atoms with E-state index in [-0.39, 0.29) is 18.5 Å². The second-order valence-electron chi connectivity index (χ2n) is 6.29. The number of carbonyl (C=O) groups excluding carboxylic acids is 1. The van der Waals surface area contributed by atoms with Crippen LogP contribution < -0.4 is 4.74 Å². The van der Waals surface area contributed by atoms with Gasteiger partial charge in [0, 0.05) is 11.9 Å². The van der Waals surface area contributed by atoms with Crippen molar-refractivity contribution in [3.05, 3.63) is 65.9 Å². The standard InChI is InChI=1S/C20H19NO4/c1-24-16-7-4-6-13(9-16)17-11-15(22)12-21(17)20(23)19-10-14-5-2-3-8-18(14)25-19/h2-10,15,17,22H,11-12H2,1H3/t15-,17-/m1/s1. The summed E-state index contributed by atoms with van der Waals surface area (Å²) in [4.78, 5) is 14.7. The molecule has 5 heteroatoms. The summed E-state index contributed by atoms with van der Waals surface area (Å²) in [5.74, 6) is 0.818. The Hall–Kier alpha value is -2.79. The number of aliphatic hydroxyl groups is 1. The van der Waals surface area contributed by atoms with Crippen LogP contribution in [0.25, 0.3) is 11.0 Å². The van der Waals surface area contributed by atoms with Gasteiger partial charge in [0.1, 0.15) is 11.3 Å². The van der Waals surface area contributed by atoms with Crippen molar-refractivity contribution < 1.29 is 19.1 Å². The summed E-state index contributed by atoms with van der Waals surface area (Å²) < 4.78 is 11.0. The number of likely N-dealkylation sites (tertiary alicyclic amines) is 1. The van der Waals surface area contributed by atoms with Crippen molar-refractivity contribution in [3.8, 4) is 5.75 Å². The van der Waals surface area contributed by atoms with E-state index in [9.17, 15) is 9.90 Å². The minimum atomic E-state index is -0.551. The molecule has 5 nitrogen and oxygen atoms in total. The van der Waals surface area contributed by atoms with Gasteiger partial charge in [-0.3, -0.25) is 4.79 Å². The van der Waals surface area contributed by atoms with Crippen molar-refractivity contribution in [2.75, 3.05) is 13.7 Å². The number of para-hydroxylation sites is 1. The molecule has 0 aliphatic carbocycles. The Balaban J connectivity index is 1.67. The molecule has 25 heavy (non-hydrogen) atoms. The number of methoxy groups -OCH3 is 1. The fourth-order valence-electron chi connectivity index (χ4n) is 3.43. The molecule has 0 saturated carbocycles. The minimum absolute atomic E-state index is 0.203. The van der Waals surface area contributed by atoms with Crippen LogP contribution in [-0.2, 0) is 0 Å². The fraction of sp³-hybridized carbons (Fsp3) is 0.250. The monoisotopic (exact) mass is 337 g/mol. The lowest BCUT2D eigenvalue weighted by atomic mass is 10.0. The molecule has 2 heterocycles. The molecule has 2 aromatic carbocycles. The minimum Gasteiger partial charge on any atom is -0.497 e. The smallest absolute Gasteiger partial charge is 0.290 e. The molecule has 0 unspecified atom stereocenters. The van der Waals surface area contributed by atoms with Crippen molar-refractivity contribution in [2.45, 2.75) is 18.6 Å². The molecule has 3 aromatic rings. The van der Waals surface area contributed by atoms with Crippen LogP contribution in [0, 0.1) is 0 Å². The molecular formula is C20H19NO4. The molecule has 4 rings (SSSR count). The summed E-state index contributed by atoms with van der Waals surface area (Å²) in [5, 5.41) is 11.0. The van der Waals surface area contributed by atoms with Crippen LogP contribution in [0.3, 0.4) is 0 Å². The van der Waals surface area contributed by atoms with Crippen LogP contribution in [-0.4, -0.2) is 35.7 Å².